The Morgan fingerprint density at radius 2 is 1.86 bits per heavy atom. The van der Waals surface area contributed by atoms with Gasteiger partial charge in [-0.2, -0.15) is 15.6 Å². The van der Waals surface area contributed by atoms with Gasteiger partial charge in [-0.3, -0.25) is 4.79 Å². The lowest BCUT2D eigenvalue weighted by atomic mass is 9.76. The zero-order valence-corrected chi connectivity index (χ0v) is 12.5. The van der Waals surface area contributed by atoms with Gasteiger partial charge in [-0.15, -0.1) is 0 Å². The average molecular weight is 321 g/mol. The van der Waals surface area contributed by atoms with Gasteiger partial charge in [0, 0.05) is 21.7 Å². The Bertz CT molecular complexity index is 668. The molecule has 0 aliphatic carbocycles. The minimum atomic E-state index is -1.07. The van der Waals surface area contributed by atoms with Crippen LogP contribution in [-0.2, 0) is 4.79 Å². The number of hydrogen-bond donors (Lipinski definition) is 1. The molecule has 21 heavy (non-hydrogen) atoms. The molecule has 2 rings (SSSR count). The molecule has 1 amide bonds. The molecule has 1 aromatic carbocycles. The number of rotatable bonds is 3. The molecule has 106 valence electrons. The van der Waals surface area contributed by atoms with Crippen molar-refractivity contribution < 1.29 is 4.79 Å². The number of carbonyl (C=O) groups is 1. The van der Waals surface area contributed by atoms with Gasteiger partial charge in [-0.25, -0.2) is 5.43 Å². The fourth-order valence-corrected chi connectivity index (χ4v) is 3.09. The highest BCUT2D eigenvalue weighted by Gasteiger charge is 2.42. The highest BCUT2D eigenvalue weighted by Crippen LogP contribution is 2.41. The molecular formula is C14H10Cl2N4O. The second kappa shape index (κ2) is 6.13. The number of halogens is 2. The summed E-state index contributed by atoms with van der Waals surface area (Å²) in [6, 6.07) is 8.70. The minimum Gasteiger partial charge on any atom is -0.272 e. The quantitative estimate of drug-likeness (QED) is 0.928. The van der Waals surface area contributed by atoms with Gasteiger partial charge >= 0.3 is 0 Å². The van der Waals surface area contributed by atoms with Gasteiger partial charge in [0.05, 0.1) is 18.1 Å². The summed E-state index contributed by atoms with van der Waals surface area (Å²) >= 11 is 12.4. The van der Waals surface area contributed by atoms with Crippen molar-refractivity contribution in [3.8, 4) is 12.1 Å². The first kappa shape index (κ1) is 15.3. The van der Waals surface area contributed by atoms with E-state index in [1.165, 1.54) is 0 Å². The Morgan fingerprint density at radius 3 is 2.29 bits per heavy atom. The van der Waals surface area contributed by atoms with Crippen LogP contribution in [0.3, 0.4) is 0 Å². The maximum atomic E-state index is 12.0. The second-order valence-electron chi connectivity index (χ2n) is 4.60. The number of nitrogens with zero attached hydrogens (tertiary/aromatic N) is 3. The number of nitriles is 2. The number of nitrogens with one attached hydrogen (secondary N) is 1. The molecule has 0 unspecified atom stereocenters. The van der Waals surface area contributed by atoms with Crippen LogP contribution >= 0.6 is 23.2 Å². The fraction of sp³-hybridized carbons (Fsp3) is 0.286. The van der Waals surface area contributed by atoms with Crippen LogP contribution in [-0.4, -0.2) is 11.6 Å². The highest BCUT2D eigenvalue weighted by atomic mass is 35.5. The maximum Gasteiger partial charge on any atom is 0.249 e. The third-order valence-electron chi connectivity index (χ3n) is 3.40. The summed E-state index contributed by atoms with van der Waals surface area (Å²) in [7, 11) is 0. The summed E-state index contributed by atoms with van der Waals surface area (Å²) in [5, 5.41) is 23.0. The van der Waals surface area contributed by atoms with Crippen molar-refractivity contribution in [3.63, 3.8) is 0 Å². The average Bonchev–Trinajstić information content (AvgIpc) is 2.77. The van der Waals surface area contributed by atoms with Crippen molar-refractivity contribution in [1.82, 2.24) is 5.43 Å². The summed E-state index contributed by atoms with van der Waals surface area (Å²) < 4.78 is 0. The molecule has 0 bridgehead atoms. The number of hydrazone groups is 1. The Hall–Kier alpha value is -2.08. The normalized spacial score (nSPS) is 18.7. The highest BCUT2D eigenvalue weighted by molar-refractivity contribution is 6.36. The smallest absolute Gasteiger partial charge is 0.249 e. The van der Waals surface area contributed by atoms with E-state index >= 15 is 0 Å². The van der Waals surface area contributed by atoms with E-state index in [0.29, 0.717) is 21.3 Å². The predicted octanol–water partition coefficient (Wildman–Crippen LogP) is 2.86. The Labute approximate surface area is 131 Å². The third kappa shape index (κ3) is 2.71. The van der Waals surface area contributed by atoms with E-state index in [-0.39, 0.29) is 5.91 Å². The van der Waals surface area contributed by atoms with Crippen LogP contribution in [0.2, 0.25) is 10.0 Å². The number of benzene rings is 1. The van der Waals surface area contributed by atoms with Crippen molar-refractivity contribution in [2.45, 2.75) is 12.8 Å². The van der Waals surface area contributed by atoms with Crippen LogP contribution in [0.4, 0.5) is 0 Å². The molecule has 0 radical (unpaired) electrons. The van der Waals surface area contributed by atoms with Gasteiger partial charge in [0.1, 0.15) is 5.92 Å². The monoisotopic (exact) mass is 320 g/mol. The molecule has 1 aliphatic heterocycles. The molecule has 2 atom stereocenters. The molecule has 0 fully saturated rings. The fourth-order valence-electron chi connectivity index (χ4n) is 2.44. The molecule has 1 N–H and O–H groups in total. The van der Waals surface area contributed by atoms with Gasteiger partial charge in [0.25, 0.3) is 0 Å². The first-order chi connectivity index (χ1) is 10.0. The minimum absolute atomic E-state index is 0.315. The summed E-state index contributed by atoms with van der Waals surface area (Å²) in [6.45, 7) is 1.66. The van der Waals surface area contributed by atoms with Crippen molar-refractivity contribution in [2.75, 3.05) is 0 Å². The molecule has 0 saturated carbocycles. The summed E-state index contributed by atoms with van der Waals surface area (Å²) in [5.41, 5.74) is 3.27. The molecule has 1 aromatic rings. The summed E-state index contributed by atoms with van der Waals surface area (Å²) in [4.78, 5) is 12.0. The van der Waals surface area contributed by atoms with E-state index in [1.54, 1.807) is 25.1 Å². The topological polar surface area (TPSA) is 89.0 Å². The van der Waals surface area contributed by atoms with E-state index in [2.05, 4.69) is 10.5 Å². The third-order valence-corrected chi connectivity index (χ3v) is 4.06. The van der Waals surface area contributed by atoms with Crippen LogP contribution in [0, 0.1) is 34.5 Å². The van der Waals surface area contributed by atoms with Gasteiger partial charge in [0.2, 0.25) is 5.91 Å². The second-order valence-corrected chi connectivity index (χ2v) is 5.42. The lowest BCUT2D eigenvalue weighted by Gasteiger charge is -2.24. The van der Waals surface area contributed by atoms with Crippen molar-refractivity contribution in [3.05, 3.63) is 33.8 Å². The van der Waals surface area contributed by atoms with Crippen LogP contribution < -0.4 is 5.43 Å². The zero-order valence-electron chi connectivity index (χ0n) is 11.0. The van der Waals surface area contributed by atoms with Crippen LogP contribution in [0.15, 0.2) is 23.3 Å². The van der Waals surface area contributed by atoms with Crippen molar-refractivity contribution in [1.29, 1.82) is 10.5 Å². The number of hydrogen-bond acceptors (Lipinski definition) is 4. The van der Waals surface area contributed by atoms with E-state index < -0.39 is 17.8 Å². The molecule has 5 nitrogen and oxygen atoms in total. The molecule has 0 spiro atoms. The first-order valence-electron chi connectivity index (χ1n) is 6.08. The lowest BCUT2D eigenvalue weighted by Crippen LogP contribution is -2.32. The Morgan fingerprint density at radius 1 is 1.29 bits per heavy atom. The van der Waals surface area contributed by atoms with E-state index in [9.17, 15) is 15.3 Å². The van der Waals surface area contributed by atoms with Crippen molar-refractivity contribution in [2.24, 2.45) is 16.9 Å². The summed E-state index contributed by atoms with van der Waals surface area (Å²) in [5.74, 6) is -2.95. The standard InChI is InChI=1S/C14H10Cl2N4O/c1-7-11(14(21)20-19-7)12(8(5-17)6-18)13-9(15)3-2-4-10(13)16/h2-4,8,11-12H,1H3,(H,20,21)/t11-,12+/m1/s1. The Kier molecular flexibility index (Phi) is 4.47. The van der Waals surface area contributed by atoms with Gasteiger partial charge in [-0.05, 0) is 24.6 Å². The van der Waals surface area contributed by atoms with Gasteiger partial charge in [0.15, 0.2) is 0 Å². The SMILES string of the molecule is CC1=NNC(=O)[C@H]1[C@@H](c1c(Cl)cccc1Cl)C(C#N)C#N. The van der Waals surface area contributed by atoms with Crippen LogP contribution in [0.5, 0.6) is 0 Å². The largest absolute Gasteiger partial charge is 0.272 e. The van der Waals surface area contributed by atoms with E-state index in [0.717, 1.165) is 0 Å². The van der Waals surface area contributed by atoms with Crippen molar-refractivity contribution >= 4 is 34.8 Å². The predicted molar refractivity (Wildman–Crippen MR) is 78.7 cm³/mol. The molecule has 0 saturated heterocycles. The number of amides is 1. The summed E-state index contributed by atoms with van der Waals surface area (Å²) in [6.07, 6.45) is 0. The zero-order chi connectivity index (χ0) is 15.6. The van der Waals surface area contributed by atoms with Gasteiger partial charge < -0.3 is 0 Å². The molecule has 7 heteroatoms. The number of carbonyl (C=O) groups excluding carboxylic acids is 1. The molecule has 1 aliphatic rings. The molecular weight excluding hydrogens is 311 g/mol. The van der Waals surface area contributed by atoms with Gasteiger partial charge in [-0.1, -0.05) is 29.3 Å². The Balaban J connectivity index is 2.63. The van der Waals surface area contributed by atoms with E-state index in [4.69, 9.17) is 23.2 Å². The van der Waals surface area contributed by atoms with Crippen LogP contribution in [0.1, 0.15) is 18.4 Å². The molecule has 1 heterocycles. The first-order valence-corrected chi connectivity index (χ1v) is 6.84. The maximum absolute atomic E-state index is 12.0. The molecule has 0 aromatic heterocycles. The van der Waals surface area contributed by atoms with E-state index in [1.807, 2.05) is 12.1 Å². The van der Waals surface area contributed by atoms with Crippen LogP contribution in [0.25, 0.3) is 0 Å². The lowest BCUT2D eigenvalue weighted by molar-refractivity contribution is -0.122.